The summed E-state index contributed by atoms with van der Waals surface area (Å²) in [6.07, 6.45) is 2.39. The second-order valence-electron chi connectivity index (χ2n) is 5.34. The molecule has 2 aromatic rings. The van der Waals surface area contributed by atoms with Crippen molar-refractivity contribution in [3.63, 3.8) is 0 Å². The van der Waals surface area contributed by atoms with E-state index in [4.69, 9.17) is 5.73 Å². The molecule has 2 N–H and O–H groups in total. The van der Waals surface area contributed by atoms with Crippen LogP contribution in [0.4, 0.5) is 0 Å². The van der Waals surface area contributed by atoms with E-state index in [0.29, 0.717) is 24.5 Å². The van der Waals surface area contributed by atoms with Crippen LogP contribution in [-0.2, 0) is 36.6 Å². The van der Waals surface area contributed by atoms with Crippen molar-refractivity contribution in [1.82, 2.24) is 8.87 Å². The van der Waals surface area contributed by atoms with Gasteiger partial charge in [0.2, 0.25) is 10.0 Å². The molecule has 0 radical (unpaired) electrons. The van der Waals surface area contributed by atoms with Gasteiger partial charge >= 0.3 is 0 Å². The fourth-order valence-electron chi connectivity index (χ4n) is 2.75. The summed E-state index contributed by atoms with van der Waals surface area (Å²) in [6.45, 7) is 1.28. The van der Waals surface area contributed by atoms with Gasteiger partial charge < -0.3 is 10.3 Å². The van der Waals surface area contributed by atoms with Crippen LogP contribution in [0.5, 0.6) is 0 Å². The van der Waals surface area contributed by atoms with Gasteiger partial charge in [0.05, 0.1) is 0 Å². The third-order valence-electron chi connectivity index (χ3n) is 4.03. The van der Waals surface area contributed by atoms with Gasteiger partial charge in [0, 0.05) is 38.6 Å². The predicted octanol–water partition coefficient (Wildman–Crippen LogP) is 1.23. The van der Waals surface area contributed by atoms with Gasteiger partial charge in [-0.2, -0.15) is 4.31 Å². The van der Waals surface area contributed by atoms with Crippen LogP contribution in [-0.4, -0.2) is 23.8 Å². The molecule has 0 saturated heterocycles. The number of aryl methyl sites for hydroxylation is 1. The highest BCUT2D eigenvalue weighted by Gasteiger charge is 2.29. The Kier molecular flexibility index (Phi) is 3.61. The van der Waals surface area contributed by atoms with Gasteiger partial charge in [-0.25, -0.2) is 8.42 Å². The van der Waals surface area contributed by atoms with Crippen LogP contribution in [0.1, 0.15) is 16.8 Å². The lowest BCUT2D eigenvalue weighted by Crippen LogP contribution is -2.35. The number of nitrogens with zero attached hydrogens (tertiary/aromatic N) is 2. The van der Waals surface area contributed by atoms with E-state index >= 15 is 0 Å². The molecule has 0 atom stereocenters. The first kappa shape index (κ1) is 14.3. The Morgan fingerprint density at radius 3 is 2.62 bits per heavy atom. The van der Waals surface area contributed by atoms with E-state index in [1.54, 1.807) is 21.1 Å². The lowest BCUT2D eigenvalue weighted by molar-refractivity contribution is 0.391. The van der Waals surface area contributed by atoms with E-state index in [0.717, 1.165) is 17.7 Å². The van der Waals surface area contributed by atoms with Gasteiger partial charge in [0.1, 0.15) is 4.90 Å². The standard InChI is InChI=1S/C15H19N3O2S/c1-17-11-15(8-14(17)9-16)21(19,20)18-7-6-12-4-2-3-5-13(12)10-18/h2-5,8,11H,6-7,9-10,16H2,1H3. The summed E-state index contributed by atoms with van der Waals surface area (Å²) in [4.78, 5) is 0.324. The molecular weight excluding hydrogens is 286 g/mol. The molecule has 112 valence electrons. The largest absolute Gasteiger partial charge is 0.352 e. The molecule has 0 spiro atoms. The van der Waals surface area contributed by atoms with Gasteiger partial charge in [-0.15, -0.1) is 0 Å². The SMILES string of the molecule is Cn1cc(S(=O)(=O)N2CCc3ccccc3C2)cc1CN. The van der Waals surface area contributed by atoms with Crippen LogP contribution < -0.4 is 5.73 Å². The topological polar surface area (TPSA) is 68.3 Å². The Bertz CT molecular complexity index is 765. The summed E-state index contributed by atoms with van der Waals surface area (Å²) in [5.41, 5.74) is 8.75. The first-order valence-electron chi connectivity index (χ1n) is 6.94. The average molecular weight is 305 g/mol. The van der Waals surface area contributed by atoms with Gasteiger partial charge in [0.25, 0.3) is 0 Å². The molecule has 21 heavy (non-hydrogen) atoms. The number of sulfonamides is 1. The van der Waals surface area contributed by atoms with Crippen molar-refractivity contribution in [3.05, 3.63) is 53.3 Å². The van der Waals surface area contributed by atoms with Crippen molar-refractivity contribution in [3.8, 4) is 0 Å². The quantitative estimate of drug-likeness (QED) is 0.927. The highest BCUT2D eigenvalue weighted by atomic mass is 32.2. The number of fused-ring (bicyclic) bond motifs is 1. The fourth-order valence-corrected chi connectivity index (χ4v) is 4.26. The Balaban J connectivity index is 1.93. The zero-order valence-electron chi connectivity index (χ0n) is 12.0. The van der Waals surface area contributed by atoms with Gasteiger partial charge in [-0.1, -0.05) is 24.3 Å². The molecule has 0 fully saturated rings. The molecule has 5 nitrogen and oxygen atoms in total. The lowest BCUT2D eigenvalue weighted by Gasteiger charge is -2.27. The van der Waals surface area contributed by atoms with Crippen LogP contribution >= 0.6 is 0 Å². The zero-order valence-corrected chi connectivity index (χ0v) is 12.8. The summed E-state index contributed by atoms with van der Waals surface area (Å²) in [6, 6.07) is 9.66. The fraction of sp³-hybridized carbons (Fsp3) is 0.333. The highest BCUT2D eigenvalue weighted by molar-refractivity contribution is 7.89. The van der Waals surface area contributed by atoms with Crippen LogP contribution in [0, 0.1) is 0 Å². The van der Waals surface area contributed by atoms with Crippen molar-refractivity contribution in [2.75, 3.05) is 6.54 Å². The number of nitrogens with two attached hydrogens (primary N) is 1. The normalized spacial score (nSPS) is 15.9. The molecule has 1 aliphatic rings. The second-order valence-corrected chi connectivity index (χ2v) is 7.28. The highest BCUT2D eigenvalue weighted by Crippen LogP contribution is 2.25. The molecule has 3 rings (SSSR count). The Morgan fingerprint density at radius 1 is 1.24 bits per heavy atom. The van der Waals surface area contributed by atoms with Crippen molar-refractivity contribution in [2.24, 2.45) is 12.8 Å². The van der Waals surface area contributed by atoms with Gasteiger partial charge in [-0.3, -0.25) is 0 Å². The summed E-state index contributed by atoms with van der Waals surface area (Å²) < 4.78 is 28.8. The maximum atomic E-state index is 12.8. The molecule has 6 heteroatoms. The monoisotopic (exact) mass is 305 g/mol. The van der Waals surface area contributed by atoms with Crippen molar-refractivity contribution >= 4 is 10.0 Å². The Hall–Kier alpha value is -1.63. The average Bonchev–Trinajstić information content (AvgIpc) is 2.88. The number of hydrogen-bond donors (Lipinski definition) is 1. The Morgan fingerprint density at radius 2 is 1.95 bits per heavy atom. The zero-order chi connectivity index (χ0) is 15.0. The maximum absolute atomic E-state index is 12.8. The van der Waals surface area contributed by atoms with Crippen molar-refractivity contribution < 1.29 is 8.42 Å². The van der Waals surface area contributed by atoms with Crippen LogP contribution in [0.15, 0.2) is 41.4 Å². The van der Waals surface area contributed by atoms with E-state index in [2.05, 4.69) is 6.07 Å². The van der Waals surface area contributed by atoms with Crippen LogP contribution in [0.2, 0.25) is 0 Å². The van der Waals surface area contributed by atoms with E-state index < -0.39 is 10.0 Å². The minimum absolute atomic E-state index is 0.324. The first-order valence-corrected chi connectivity index (χ1v) is 8.38. The molecule has 0 aliphatic carbocycles. The molecular formula is C15H19N3O2S. The van der Waals surface area contributed by atoms with Crippen LogP contribution in [0.25, 0.3) is 0 Å². The lowest BCUT2D eigenvalue weighted by atomic mass is 10.0. The summed E-state index contributed by atoms with van der Waals surface area (Å²) in [5.74, 6) is 0. The minimum Gasteiger partial charge on any atom is -0.352 e. The maximum Gasteiger partial charge on any atom is 0.244 e. The Labute approximate surface area is 125 Å². The van der Waals surface area contributed by atoms with Crippen LogP contribution in [0.3, 0.4) is 0 Å². The number of aromatic nitrogens is 1. The molecule has 1 aromatic carbocycles. The number of hydrogen-bond acceptors (Lipinski definition) is 3. The molecule has 0 amide bonds. The summed E-state index contributed by atoms with van der Waals surface area (Å²) in [7, 11) is -1.65. The van der Waals surface area contributed by atoms with E-state index in [1.807, 2.05) is 25.2 Å². The van der Waals surface area contributed by atoms with E-state index in [9.17, 15) is 8.42 Å². The van der Waals surface area contributed by atoms with Gasteiger partial charge in [0.15, 0.2) is 0 Å². The predicted molar refractivity (Wildman–Crippen MR) is 81.0 cm³/mol. The third kappa shape index (κ3) is 2.50. The first-order chi connectivity index (χ1) is 10.0. The molecule has 0 unspecified atom stereocenters. The minimum atomic E-state index is -3.46. The van der Waals surface area contributed by atoms with E-state index in [-0.39, 0.29) is 0 Å². The van der Waals surface area contributed by atoms with Crippen molar-refractivity contribution in [2.45, 2.75) is 24.4 Å². The smallest absolute Gasteiger partial charge is 0.244 e. The molecule has 0 bridgehead atoms. The van der Waals surface area contributed by atoms with Crippen molar-refractivity contribution in [1.29, 1.82) is 0 Å². The molecule has 2 heterocycles. The number of benzene rings is 1. The summed E-state index contributed by atoms with van der Waals surface area (Å²) in [5, 5.41) is 0. The number of rotatable bonds is 3. The summed E-state index contributed by atoms with van der Waals surface area (Å²) >= 11 is 0. The molecule has 1 aromatic heterocycles. The van der Waals surface area contributed by atoms with E-state index in [1.165, 1.54) is 5.56 Å². The molecule has 1 aliphatic heterocycles. The second kappa shape index (κ2) is 5.29. The molecule has 0 saturated carbocycles. The van der Waals surface area contributed by atoms with Gasteiger partial charge in [-0.05, 0) is 23.6 Å². The third-order valence-corrected chi connectivity index (χ3v) is 5.84.